The van der Waals surface area contributed by atoms with Crippen LogP contribution < -0.4 is 15.1 Å². The van der Waals surface area contributed by atoms with Gasteiger partial charge in [0, 0.05) is 37.4 Å². The second-order valence-electron chi connectivity index (χ2n) is 11.5. The summed E-state index contributed by atoms with van der Waals surface area (Å²) in [6.07, 6.45) is 4.65. The Balaban J connectivity index is 1.12. The van der Waals surface area contributed by atoms with Crippen LogP contribution in [-0.2, 0) is 0 Å². The normalized spacial score (nSPS) is 32.5. The molecule has 196 valence electrons. The van der Waals surface area contributed by atoms with Gasteiger partial charge in [0.1, 0.15) is 17.3 Å². The number of aromatic nitrogens is 1. The molecular formula is C28H33FN4O4. The lowest BCUT2D eigenvalue weighted by Gasteiger charge is -2.58. The van der Waals surface area contributed by atoms with Crippen LogP contribution in [0, 0.1) is 23.6 Å². The molecule has 5 fully saturated rings. The van der Waals surface area contributed by atoms with E-state index in [-0.39, 0.29) is 23.6 Å². The number of benzene rings is 1. The van der Waals surface area contributed by atoms with Crippen LogP contribution in [0.15, 0.2) is 36.4 Å². The minimum Gasteiger partial charge on any atom is -0.478 e. The molecule has 0 radical (unpaired) electrons. The fraction of sp³-hybridized carbons (Fsp3) is 0.536. The lowest BCUT2D eigenvalue weighted by molar-refractivity contribution is -0.136. The second-order valence-corrected chi connectivity index (χ2v) is 11.5. The molecule has 3 atom stereocenters. The van der Waals surface area contributed by atoms with Crippen molar-refractivity contribution >= 4 is 23.4 Å². The number of hydrogen-bond donors (Lipinski definition) is 3. The van der Waals surface area contributed by atoms with Gasteiger partial charge in [-0.05, 0) is 87.1 Å². The van der Waals surface area contributed by atoms with E-state index in [1.54, 1.807) is 12.1 Å². The van der Waals surface area contributed by atoms with E-state index >= 15 is 0 Å². The summed E-state index contributed by atoms with van der Waals surface area (Å²) in [5, 5.41) is 23.2. The fourth-order valence-corrected chi connectivity index (χ4v) is 7.56. The van der Waals surface area contributed by atoms with Crippen LogP contribution in [-0.4, -0.2) is 64.4 Å². The van der Waals surface area contributed by atoms with Gasteiger partial charge in [0.15, 0.2) is 0 Å². The van der Waals surface area contributed by atoms with Crippen molar-refractivity contribution in [2.75, 3.05) is 29.4 Å². The van der Waals surface area contributed by atoms with E-state index in [1.807, 2.05) is 17.0 Å². The highest BCUT2D eigenvalue weighted by atomic mass is 19.1. The molecule has 1 amide bonds. The number of nitrogens with zero attached hydrogens (tertiary/aromatic N) is 3. The molecule has 5 aliphatic rings. The van der Waals surface area contributed by atoms with Crippen LogP contribution >= 0.6 is 0 Å². The molecule has 2 aromatic rings. The highest BCUT2D eigenvalue weighted by molar-refractivity contribution is 5.93. The molecule has 1 aromatic heterocycles. The number of carbonyl (C=O) groups is 2. The summed E-state index contributed by atoms with van der Waals surface area (Å²) in [6.45, 7) is 3.92. The molecule has 4 saturated carbocycles. The maximum absolute atomic E-state index is 14.2. The first-order valence-corrected chi connectivity index (χ1v) is 13.2. The molecular weight excluding hydrogens is 475 g/mol. The first kappa shape index (κ1) is 24.2. The van der Waals surface area contributed by atoms with E-state index in [1.165, 1.54) is 12.1 Å². The molecule has 7 rings (SSSR count). The lowest BCUT2D eigenvalue weighted by atomic mass is 9.52. The molecule has 4 bridgehead atoms. The van der Waals surface area contributed by atoms with Crippen LogP contribution in [0.1, 0.15) is 59.9 Å². The van der Waals surface area contributed by atoms with Gasteiger partial charge in [0.2, 0.25) is 0 Å². The van der Waals surface area contributed by atoms with Crippen molar-refractivity contribution in [2.24, 2.45) is 17.8 Å². The maximum atomic E-state index is 14.2. The summed E-state index contributed by atoms with van der Waals surface area (Å²) >= 11 is 0. The van der Waals surface area contributed by atoms with Crippen molar-refractivity contribution in [3.05, 3.63) is 53.5 Å². The topological polar surface area (TPSA) is 106 Å². The number of carboxylic acids is 1. The fourth-order valence-electron chi connectivity index (χ4n) is 7.56. The van der Waals surface area contributed by atoms with Gasteiger partial charge in [-0.1, -0.05) is 6.07 Å². The van der Waals surface area contributed by atoms with Crippen LogP contribution in [0.4, 0.5) is 15.9 Å². The van der Waals surface area contributed by atoms with Gasteiger partial charge in [-0.15, -0.1) is 0 Å². The zero-order valence-electron chi connectivity index (χ0n) is 20.9. The number of pyridine rings is 1. The van der Waals surface area contributed by atoms with Crippen LogP contribution in [0.25, 0.3) is 0 Å². The van der Waals surface area contributed by atoms with Crippen LogP contribution in [0.5, 0.6) is 0 Å². The van der Waals surface area contributed by atoms with Gasteiger partial charge < -0.3 is 25.3 Å². The third-order valence-corrected chi connectivity index (χ3v) is 8.98. The number of hydrogen-bond acceptors (Lipinski definition) is 6. The number of nitrogens with one attached hydrogen (secondary N) is 1. The van der Waals surface area contributed by atoms with Crippen molar-refractivity contribution in [1.29, 1.82) is 0 Å². The maximum Gasteiger partial charge on any atom is 0.338 e. The number of anilines is 2. The Kier molecular flexibility index (Phi) is 5.86. The average molecular weight is 509 g/mol. The predicted octanol–water partition coefficient (Wildman–Crippen LogP) is 3.30. The Morgan fingerprint density at radius 2 is 1.86 bits per heavy atom. The number of piperazine rings is 1. The van der Waals surface area contributed by atoms with Crippen LogP contribution in [0.2, 0.25) is 0 Å². The SMILES string of the molecule is C[C@@H]1CN(c2ccc(C(=O)O)c(F)c2)CCN1c1cccc(C(=O)N[C@H]2C3CC4CC2C[C@](O)(C4)C3)n1. The van der Waals surface area contributed by atoms with E-state index in [2.05, 4.69) is 17.1 Å². The van der Waals surface area contributed by atoms with E-state index < -0.39 is 17.4 Å². The summed E-state index contributed by atoms with van der Waals surface area (Å²) in [4.78, 5) is 33.2. The standard InChI is InChI=1S/C28H33FN4O4/c1-16-15-32(20-5-6-21(27(35)36)22(29)11-20)7-8-33(16)24-4-2-3-23(30-24)26(34)31-25-18-9-17-10-19(25)14-28(37,12-17)13-18/h2-6,11,16-19,25,37H,7-10,12-15H2,1H3,(H,31,34)(H,35,36)/t16-,17?,18?,19?,25-,28-/m1/s1. The van der Waals surface area contributed by atoms with Crippen molar-refractivity contribution in [1.82, 2.24) is 10.3 Å². The molecule has 8 nitrogen and oxygen atoms in total. The summed E-state index contributed by atoms with van der Waals surface area (Å²) < 4.78 is 14.2. The lowest BCUT2D eigenvalue weighted by Crippen LogP contribution is -2.61. The zero-order valence-corrected chi connectivity index (χ0v) is 20.9. The third kappa shape index (κ3) is 4.43. The average Bonchev–Trinajstić information content (AvgIpc) is 2.85. The van der Waals surface area contributed by atoms with Gasteiger partial charge in [0.25, 0.3) is 5.91 Å². The second kappa shape index (κ2) is 8.97. The Morgan fingerprint density at radius 3 is 2.51 bits per heavy atom. The molecule has 1 aromatic carbocycles. The Bertz CT molecular complexity index is 1220. The summed E-state index contributed by atoms with van der Waals surface area (Å²) in [5.41, 5.74) is 0.179. The molecule has 1 aliphatic heterocycles. The minimum atomic E-state index is -1.28. The number of aromatic carboxylic acids is 1. The summed E-state index contributed by atoms with van der Waals surface area (Å²) in [6, 6.07) is 9.88. The van der Waals surface area contributed by atoms with Crippen molar-refractivity contribution in [3.63, 3.8) is 0 Å². The number of carboxylic acid groups (broad SMARTS) is 1. The number of aliphatic hydroxyl groups is 1. The predicted molar refractivity (Wildman–Crippen MR) is 136 cm³/mol. The van der Waals surface area contributed by atoms with Crippen molar-refractivity contribution in [3.8, 4) is 0 Å². The number of carbonyl (C=O) groups excluding carboxylic acids is 1. The molecule has 2 unspecified atom stereocenters. The van der Waals surface area contributed by atoms with Gasteiger partial charge in [-0.2, -0.15) is 0 Å². The van der Waals surface area contributed by atoms with E-state index in [4.69, 9.17) is 10.1 Å². The van der Waals surface area contributed by atoms with Gasteiger partial charge >= 0.3 is 5.97 Å². The zero-order chi connectivity index (χ0) is 25.9. The molecule has 9 heteroatoms. The van der Waals surface area contributed by atoms with Crippen molar-refractivity contribution in [2.45, 2.75) is 56.7 Å². The molecule has 0 spiro atoms. The van der Waals surface area contributed by atoms with Crippen LogP contribution in [0.3, 0.4) is 0 Å². The van der Waals surface area contributed by atoms with Crippen molar-refractivity contribution < 1.29 is 24.2 Å². The number of amides is 1. The first-order valence-electron chi connectivity index (χ1n) is 13.2. The van der Waals surface area contributed by atoms with E-state index in [0.29, 0.717) is 48.8 Å². The molecule has 37 heavy (non-hydrogen) atoms. The van der Waals surface area contributed by atoms with E-state index in [9.17, 15) is 19.1 Å². The highest BCUT2D eigenvalue weighted by Gasteiger charge is 2.55. The first-order chi connectivity index (χ1) is 17.7. The molecule has 2 heterocycles. The monoisotopic (exact) mass is 508 g/mol. The quantitative estimate of drug-likeness (QED) is 0.569. The Morgan fingerprint density at radius 1 is 1.11 bits per heavy atom. The summed E-state index contributed by atoms with van der Waals surface area (Å²) in [5.74, 6) is -0.189. The van der Waals surface area contributed by atoms with Gasteiger partial charge in [-0.25, -0.2) is 14.2 Å². The third-order valence-electron chi connectivity index (χ3n) is 8.98. The van der Waals surface area contributed by atoms with E-state index in [0.717, 1.165) is 37.9 Å². The summed E-state index contributed by atoms with van der Waals surface area (Å²) in [7, 11) is 0. The minimum absolute atomic E-state index is 0.0481. The number of rotatable bonds is 5. The van der Waals surface area contributed by atoms with Gasteiger partial charge in [-0.3, -0.25) is 4.79 Å². The number of halogens is 1. The molecule has 4 aliphatic carbocycles. The van der Waals surface area contributed by atoms with Gasteiger partial charge in [0.05, 0.1) is 11.2 Å². The largest absolute Gasteiger partial charge is 0.478 e. The molecule has 3 N–H and O–H groups in total. The Labute approximate surface area is 215 Å². The Hall–Kier alpha value is -3.20. The highest BCUT2D eigenvalue weighted by Crippen LogP contribution is 2.55. The smallest absolute Gasteiger partial charge is 0.338 e. The molecule has 1 saturated heterocycles.